The fourth-order valence-electron chi connectivity index (χ4n) is 3.79. The number of methoxy groups -OCH3 is 2. The molecule has 31 heavy (non-hydrogen) atoms. The first kappa shape index (κ1) is 20.9. The van der Waals surface area contributed by atoms with Gasteiger partial charge in [0.25, 0.3) is 0 Å². The Balaban J connectivity index is 1.36. The molecule has 162 valence electrons. The van der Waals surface area contributed by atoms with Crippen LogP contribution in [0.4, 0.5) is 5.69 Å². The van der Waals surface area contributed by atoms with Gasteiger partial charge < -0.3 is 19.3 Å². The summed E-state index contributed by atoms with van der Waals surface area (Å²) in [7, 11) is 3.15. The lowest BCUT2D eigenvalue weighted by Gasteiger charge is -2.30. The number of ether oxygens (including phenoxy) is 2. The number of anilines is 1. The molecule has 1 N–H and O–H groups in total. The van der Waals surface area contributed by atoms with Crippen molar-refractivity contribution in [3.8, 4) is 22.9 Å². The number of aromatic nitrogens is 2. The number of hydrogen-bond acceptors (Lipinski definition) is 7. The van der Waals surface area contributed by atoms with Gasteiger partial charge in [0.15, 0.2) is 11.5 Å². The van der Waals surface area contributed by atoms with Crippen molar-refractivity contribution in [3.63, 3.8) is 0 Å². The second-order valence-electron chi connectivity index (χ2n) is 7.51. The van der Waals surface area contributed by atoms with Crippen LogP contribution in [-0.2, 0) is 11.3 Å². The first-order valence-electron chi connectivity index (χ1n) is 10.3. The van der Waals surface area contributed by atoms with Crippen LogP contribution in [-0.4, -0.2) is 48.3 Å². The maximum Gasteiger partial charge on any atom is 0.241 e. The van der Waals surface area contributed by atoms with Gasteiger partial charge in [-0.15, -0.1) is 0 Å². The molecule has 0 bridgehead atoms. The van der Waals surface area contributed by atoms with Crippen molar-refractivity contribution in [2.75, 3.05) is 32.6 Å². The van der Waals surface area contributed by atoms with E-state index in [1.165, 1.54) is 0 Å². The van der Waals surface area contributed by atoms with E-state index in [1.54, 1.807) is 26.4 Å². The smallest absolute Gasteiger partial charge is 0.241 e. The molecule has 1 amide bonds. The van der Waals surface area contributed by atoms with Crippen LogP contribution in [0.15, 0.2) is 53.1 Å². The molecule has 1 saturated heterocycles. The molecule has 1 aliphatic rings. The Morgan fingerprint density at radius 2 is 1.97 bits per heavy atom. The molecule has 0 aliphatic carbocycles. The van der Waals surface area contributed by atoms with Crippen LogP contribution in [0.5, 0.6) is 11.5 Å². The lowest BCUT2D eigenvalue weighted by Crippen LogP contribution is -2.40. The highest BCUT2D eigenvalue weighted by Crippen LogP contribution is 2.30. The Labute approximate surface area is 181 Å². The van der Waals surface area contributed by atoms with Crippen molar-refractivity contribution < 1.29 is 18.8 Å². The molecule has 3 aromatic rings. The van der Waals surface area contributed by atoms with Crippen molar-refractivity contribution >= 4 is 11.6 Å². The van der Waals surface area contributed by atoms with Crippen LogP contribution in [0.3, 0.4) is 0 Å². The molecule has 1 aromatic heterocycles. The first-order valence-corrected chi connectivity index (χ1v) is 10.3. The largest absolute Gasteiger partial charge is 0.493 e. The molecule has 4 rings (SSSR count). The summed E-state index contributed by atoms with van der Waals surface area (Å²) in [5, 5.41) is 7.07. The van der Waals surface area contributed by atoms with Gasteiger partial charge in [-0.3, -0.25) is 9.69 Å². The van der Waals surface area contributed by atoms with E-state index in [0.717, 1.165) is 24.9 Å². The second-order valence-corrected chi connectivity index (χ2v) is 7.51. The number of amides is 1. The molecule has 2 aromatic carbocycles. The van der Waals surface area contributed by atoms with Crippen LogP contribution < -0.4 is 14.8 Å². The predicted octanol–water partition coefficient (Wildman–Crippen LogP) is 3.60. The quantitative estimate of drug-likeness (QED) is 0.622. The minimum absolute atomic E-state index is 0.00702. The zero-order valence-electron chi connectivity index (χ0n) is 17.7. The van der Waals surface area contributed by atoms with Crippen LogP contribution in [0, 0.1) is 5.92 Å². The van der Waals surface area contributed by atoms with Gasteiger partial charge in [0.1, 0.15) is 0 Å². The average Bonchev–Trinajstić information content (AvgIpc) is 3.28. The van der Waals surface area contributed by atoms with Gasteiger partial charge in [0.05, 0.1) is 26.7 Å². The van der Waals surface area contributed by atoms with E-state index in [0.29, 0.717) is 42.0 Å². The van der Waals surface area contributed by atoms with Crippen molar-refractivity contribution in [1.82, 2.24) is 15.0 Å². The molecule has 1 unspecified atom stereocenters. The van der Waals surface area contributed by atoms with Gasteiger partial charge in [-0.2, -0.15) is 4.98 Å². The number of rotatable bonds is 7. The van der Waals surface area contributed by atoms with E-state index < -0.39 is 0 Å². The summed E-state index contributed by atoms with van der Waals surface area (Å²) in [5.41, 5.74) is 1.60. The topological polar surface area (TPSA) is 89.7 Å². The Bertz CT molecular complexity index is 1020. The number of piperidine rings is 1. The molecule has 1 atom stereocenters. The molecular formula is C23H26N4O4. The van der Waals surface area contributed by atoms with Crippen molar-refractivity contribution in [3.05, 3.63) is 54.4 Å². The SMILES string of the molecule is COc1ccc(NC(=O)C2CCCN(Cc3nc(-c4ccccc4)no3)C2)cc1OC. The number of carbonyl (C=O) groups excluding carboxylic acids is 1. The molecule has 2 heterocycles. The standard InChI is InChI=1S/C23H26N4O4/c1-29-19-11-10-18(13-20(19)30-2)24-23(28)17-9-6-12-27(14-17)15-21-25-22(26-31-21)16-7-4-3-5-8-16/h3-5,7-8,10-11,13,17H,6,9,12,14-15H2,1-2H3,(H,24,28). The number of likely N-dealkylation sites (tertiary alicyclic amines) is 1. The van der Waals surface area contributed by atoms with Gasteiger partial charge >= 0.3 is 0 Å². The first-order chi connectivity index (χ1) is 15.2. The van der Waals surface area contributed by atoms with Gasteiger partial charge in [-0.05, 0) is 31.5 Å². The Hall–Kier alpha value is -3.39. The van der Waals surface area contributed by atoms with Crippen LogP contribution in [0.2, 0.25) is 0 Å². The maximum atomic E-state index is 12.8. The zero-order chi connectivity index (χ0) is 21.6. The van der Waals surface area contributed by atoms with E-state index in [-0.39, 0.29) is 11.8 Å². The fraction of sp³-hybridized carbons (Fsp3) is 0.348. The third kappa shape index (κ3) is 5.03. The van der Waals surface area contributed by atoms with Crippen LogP contribution in [0.25, 0.3) is 11.4 Å². The maximum absolute atomic E-state index is 12.8. The van der Waals surface area contributed by atoms with E-state index >= 15 is 0 Å². The highest BCUT2D eigenvalue weighted by molar-refractivity contribution is 5.93. The minimum atomic E-state index is -0.113. The minimum Gasteiger partial charge on any atom is -0.493 e. The van der Waals surface area contributed by atoms with E-state index in [4.69, 9.17) is 14.0 Å². The van der Waals surface area contributed by atoms with E-state index in [2.05, 4.69) is 20.4 Å². The summed E-state index contributed by atoms with van der Waals surface area (Å²) in [6.07, 6.45) is 1.78. The molecular weight excluding hydrogens is 396 g/mol. The summed E-state index contributed by atoms with van der Waals surface area (Å²) in [5.74, 6) is 2.22. The van der Waals surface area contributed by atoms with Gasteiger partial charge in [-0.1, -0.05) is 35.5 Å². The highest BCUT2D eigenvalue weighted by atomic mass is 16.5. The summed E-state index contributed by atoms with van der Waals surface area (Å²) < 4.78 is 16.0. The van der Waals surface area contributed by atoms with E-state index in [1.807, 2.05) is 36.4 Å². The number of nitrogens with zero attached hydrogens (tertiary/aromatic N) is 3. The summed E-state index contributed by atoms with van der Waals surface area (Å²) in [6.45, 7) is 2.06. The Morgan fingerprint density at radius 3 is 2.74 bits per heavy atom. The normalized spacial score (nSPS) is 16.6. The number of hydrogen-bond donors (Lipinski definition) is 1. The summed E-state index contributed by atoms with van der Waals surface area (Å²) in [4.78, 5) is 19.5. The molecule has 0 saturated carbocycles. The van der Waals surface area contributed by atoms with Crippen molar-refractivity contribution in [2.24, 2.45) is 5.92 Å². The lowest BCUT2D eigenvalue weighted by molar-refractivity contribution is -0.121. The predicted molar refractivity (Wildman–Crippen MR) is 116 cm³/mol. The van der Waals surface area contributed by atoms with Crippen LogP contribution in [0.1, 0.15) is 18.7 Å². The molecule has 1 fully saturated rings. The van der Waals surface area contributed by atoms with Crippen molar-refractivity contribution in [1.29, 1.82) is 0 Å². The third-order valence-corrected chi connectivity index (χ3v) is 5.39. The van der Waals surface area contributed by atoms with Gasteiger partial charge in [0.2, 0.25) is 17.6 Å². The molecule has 0 spiro atoms. The number of nitrogens with one attached hydrogen (secondary N) is 1. The average molecular weight is 422 g/mol. The van der Waals surface area contributed by atoms with Gasteiger partial charge in [-0.25, -0.2) is 0 Å². The van der Waals surface area contributed by atoms with Crippen LogP contribution >= 0.6 is 0 Å². The highest BCUT2D eigenvalue weighted by Gasteiger charge is 2.27. The summed E-state index contributed by atoms with van der Waals surface area (Å²) >= 11 is 0. The monoisotopic (exact) mass is 422 g/mol. The summed E-state index contributed by atoms with van der Waals surface area (Å²) in [6, 6.07) is 15.1. The van der Waals surface area contributed by atoms with Gasteiger partial charge in [0, 0.05) is 23.9 Å². The second kappa shape index (κ2) is 9.61. The Morgan fingerprint density at radius 1 is 1.16 bits per heavy atom. The molecule has 8 heteroatoms. The zero-order valence-corrected chi connectivity index (χ0v) is 17.7. The third-order valence-electron chi connectivity index (χ3n) is 5.39. The fourth-order valence-corrected chi connectivity index (χ4v) is 3.79. The van der Waals surface area contributed by atoms with E-state index in [9.17, 15) is 4.79 Å². The Kier molecular flexibility index (Phi) is 6.47. The number of carbonyl (C=O) groups is 1. The lowest BCUT2D eigenvalue weighted by atomic mass is 9.97. The number of benzene rings is 2. The molecule has 1 aliphatic heterocycles. The van der Waals surface area contributed by atoms with Crippen molar-refractivity contribution in [2.45, 2.75) is 19.4 Å². The molecule has 0 radical (unpaired) electrons. The molecule has 8 nitrogen and oxygen atoms in total.